The second-order valence-electron chi connectivity index (χ2n) is 3.11. The van der Waals surface area contributed by atoms with E-state index in [0.717, 1.165) is 24.8 Å². The van der Waals surface area contributed by atoms with Crippen molar-refractivity contribution in [1.82, 2.24) is 0 Å². The highest BCUT2D eigenvalue weighted by molar-refractivity contribution is 5.82. The average molecular weight is 222 g/mol. The number of carbonyl (C=O) groups is 1. The van der Waals surface area contributed by atoms with E-state index in [-0.39, 0.29) is 5.97 Å². The maximum absolute atomic E-state index is 10.8. The lowest BCUT2D eigenvalue weighted by atomic mass is 10.1. The first-order chi connectivity index (χ1) is 7.74. The van der Waals surface area contributed by atoms with Gasteiger partial charge in [-0.15, -0.1) is 0 Å². The van der Waals surface area contributed by atoms with Gasteiger partial charge in [-0.3, -0.25) is 0 Å². The Balaban J connectivity index is 4.42. The molecular formula is C13H18O3. The first-order valence-corrected chi connectivity index (χ1v) is 5.23. The van der Waals surface area contributed by atoms with Crippen molar-refractivity contribution in [3.8, 4) is 12.0 Å². The highest BCUT2D eigenvalue weighted by Crippen LogP contribution is 2.06. The molecule has 0 unspecified atom stereocenters. The molecule has 0 aliphatic carbocycles. The largest absolute Gasteiger partial charge is 0.466 e. The molecule has 16 heavy (non-hydrogen) atoms. The van der Waals surface area contributed by atoms with E-state index in [2.05, 4.69) is 28.4 Å². The Morgan fingerprint density at radius 1 is 1.38 bits per heavy atom. The van der Waals surface area contributed by atoms with Gasteiger partial charge in [0.1, 0.15) is 6.11 Å². The summed E-state index contributed by atoms with van der Waals surface area (Å²) in [5.41, 5.74) is 0.948. The monoisotopic (exact) mass is 222 g/mol. The molecule has 0 aliphatic rings. The summed E-state index contributed by atoms with van der Waals surface area (Å²) in [6.45, 7) is 2.12. The summed E-state index contributed by atoms with van der Waals surface area (Å²) in [5.74, 6) is 2.51. The predicted octanol–water partition coefficient (Wildman–Crippen LogP) is 2.44. The number of allylic oxidation sites excluding steroid dienone is 3. The minimum absolute atomic E-state index is 0.370. The van der Waals surface area contributed by atoms with Crippen LogP contribution in [0.2, 0.25) is 0 Å². The van der Waals surface area contributed by atoms with Gasteiger partial charge in [0.15, 0.2) is 0 Å². The first kappa shape index (κ1) is 14.3. The normalized spacial score (nSPS) is 10.8. The summed E-state index contributed by atoms with van der Waals surface area (Å²) in [7, 11) is 2.87. The molecule has 0 spiro atoms. The Bertz CT molecular complexity index is 316. The molecule has 0 N–H and O–H groups in total. The SMILES string of the molecule is CCCC/C(C#COC)=C/C=C\C(=O)OC. The zero-order valence-corrected chi connectivity index (χ0v) is 10.1. The fraction of sp³-hybridized carbons (Fsp3) is 0.462. The quantitative estimate of drug-likeness (QED) is 0.310. The van der Waals surface area contributed by atoms with Gasteiger partial charge in [-0.05, 0) is 18.8 Å². The van der Waals surface area contributed by atoms with E-state index in [1.54, 1.807) is 12.2 Å². The molecular weight excluding hydrogens is 204 g/mol. The van der Waals surface area contributed by atoms with E-state index in [9.17, 15) is 4.79 Å². The summed E-state index contributed by atoms with van der Waals surface area (Å²) < 4.78 is 9.16. The summed E-state index contributed by atoms with van der Waals surface area (Å²) in [6, 6.07) is 0. The number of unbranched alkanes of at least 4 members (excludes halogenated alkanes) is 1. The summed E-state index contributed by atoms with van der Waals surface area (Å²) in [4.78, 5) is 10.8. The van der Waals surface area contributed by atoms with Gasteiger partial charge in [0, 0.05) is 11.6 Å². The zero-order chi connectivity index (χ0) is 12.2. The van der Waals surface area contributed by atoms with Crippen LogP contribution in [0.15, 0.2) is 23.8 Å². The fourth-order valence-corrected chi connectivity index (χ4v) is 0.982. The minimum atomic E-state index is -0.370. The van der Waals surface area contributed by atoms with Crippen LogP contribution in [0.25, 0.3) is 0 Å². The Morgan fingerprint density at radius 2 is 2.12 bits per heavy atom. The summed E-state index contributed by atoms with van der Waals surface area (Å²) >= 11 is 0. The second-order valence-corrected chi connectivity index (χ2v) is 3.11. The van der Waals surface area contributed by atoms with Gasteiger partial charge in [-0.25, -0.2) is 4.79 Å². The van der Waals surface area contributed by atoms with Crippen molar-refractivity contribution in [2.75, 3.05) is 14.2 Å². The number of methoxy groups -OCH3 is 2. The third-order valence-electron chi connectivity index (χ3n) is 1.84. The molecule has 0 saturated carbocycles. The van der Waals surface area contributed by atoms with Gasteiger partial charge in [-0.2, -0.15) is 0 Å². The van der Waals surface area contributed by atoms with Crippen LogP contribution in [0.5, 0.6) is 0 Å². The van der Waals surface area contributed by atoms with E-state index in [1.165, 1.54) is 20.3 Å². The fourth-order valence-electron chi connectivity index (χ4n) is 0.982. The molecule has 0 rings (SSSR count). The molecule has 0 heterocycles. The molecule has 0 aromatic rings. The maximum atomic E-state index is 10.8. The number of carbonyl (C=O) groups excluding carboxylic acids is 1. The lowest BCUT2D eigenvalue weighted by Gasteiger charge is -1.95. The first-order valence-electron chi connectivity index (χ1n) is 5.23. The van der Waals surface area contributed by atoms with Crippen molar-refractivity contribution in [2.45, 2.75) is 26.2 Å². The molecule has 0 bridgehead atoms. The number of hydrogen-bond acceptors (Lipinski definition) is 3. The van der Waals surface area contributed by atoms with E-state index in [1.807, 2.05) is 0 Å². The van der Waals surface area contributed by atoms with Gasteiger partial charge < -0.3 is 9.47 Å². The third kappa shape index (κ3) is 7.69. The van der Waals surface area contributed by atoms with Crippen LogP contribution in [0.4, 0.5) is 0 Å². The summed E-state index contributed by atoms with van der Waals surface area (Å²) in [6.07, 6.45) is 10.4. The summed E-state index contributed by atoms with van der Waals surface area (Å²) in [5, 5.41) is 0. The maximum Gasteiger partial charge on any atom is 0.330 e. The molecule has 0 fully saturated rings. The molecule has 0 amide bonds. The van der Waals surface area contributed by atoms with E-state index >= 15 is 0 Å². The Kier molecular flexibility index (Phi) is 8.81. The number of rotatable bonds is 5. The standard InChI is InChI=1S/C13H18O3/c1-4-5-7-12(10-11-15-2)8-6-9-13(14)16-3/h6,8-9H,4-5,7H2,1-3H3/b9-6-,12-8-. The molecule has 0 saturated heterocycles. The lowest BCUT2D eigenvalue weighted by Crippen LogP contribution is -1.93. The van der Waals surface area contributed by atoms with Crippen molar-refractivity contribution in [2.24, 2.45) is 0 Å². The van der Waals surface area contributed by atoms with Crippen LogP contribution in [0.3, 0.4) is 0 Å². The van der Waals surface area contributed by atoms with Crippen molar-refractivity contribution in [1.29, 1.82) is 0 Å². The molecule has 0 aromatic carbocycles. The van der Waals surface area contributed by atoms with Crippen LogP contribution >= 0.6 is 0 Å². The third-order valence-corrected chi connectivity index (χ3v) is 1.84. The van der Waals surface area contributed by atoms with Gasteiger partial charge >= 0.3 is 5.97 Å². The molecule has 0 aliphatic heterocycles. The Labute approximate surface area is 97.1 Å². The average Bonchev–Trinajstić information content (AvgIpc) is 2.31. The Hall–Kier alpha value is -1.69. The second kappa shape index (κ2) is 9.85. The van der Waals surface area contributed by atoms with E-state index in [4.69, 9.17) is 0 Å². The number of ether oxygens (including phenoxy) is 2. The zero-order valence-electron chi connectivity index (χ0n) is 10.1. The smallest absolute Gasteiger partial charge is 0.330 e. The van der Waals surface area contributed by atoms with Crippen LogP contribution in [-0.2, 0) is 14.3 Å². The highest BCUT2D eigenvalue weighted by Gasteiger charge is 1.92. The van der Waals surface area contributed by atoms with Gasteiger partial charge in [-0.1, -0.05) is 25.5 Å². The molecule has 88 valence electrons. The van der Waals surface area contributed by atoms with Gasteiger partial charge in [0.25, 0.3) is 0 Å². The molecule has 0 radical (unpaired) electrons. The molecule has 3 nitrogen and oxygen atoms in total. The predicted molar refractivity (Wildman–Crippen MR) is 63.5 cm³/mol. The van der Waals surface area contributed by atoms with Crippen molar-refractivity contribution in [3.05, 3.63) is 23.8 Å². The highest BCUT2D eigenvalue weighted by atomic mass is 16.5. The van der Waals surface area contributed by atoms with E-state index < -0.39 is 0 Å². The topological polar surface area (TPSA) is 35.5 Å². The molecule has 0 atom stereocenters. The van der Waals surface area contributed by atoms with Crippen molar-refractivity contribution >= 4 is 5.97 Å². The lowest BCUT2D eigenvalue weighted by molar-refractivity contribution is -0.134. The minimum Gasteiger partial charge on any atom is -0.466 e. The van der Waals surface area contributed by atoms with Gasteiger partial charge in [0.05, 0.1) is 14.2 Å². The van der Waals surface area contributed by atoms with Crippen LogP contribution < -0.4 is 0 Å². The molecule has 0 aromatic heterocycles. The van der Waals surface area contributed by atoms with Gasteiger partial charge in [0.2, 0.25) is 0 Å². The Morgan fingerprint density at radius 3 is 2.69 bits per heavy atom. The molecule has 3 heteroatoms. The van der Waals surface area contributed by atoms with Crippen LogP contribution in [-0.4, -0.2) is 20.2 Å². The van der Waals surface area contributed by atoms with Crippen LogP contribution in [0, 0.1) is 12.0 Å². The van der Waals surface area contributed by atoms with Crippen molar-refractivity contribution in [3.63, 3.8) is 0 Å². The van der Waals surface area contributed by atoms with Crippen LogP contribution in [0.1, 0.15) is 26.2 Å². The number of hydrogen-bond donors (Lipinski definition) is 0. The number of esters is 1. The van der Waals surface area contributed by atoms with E-state index in [0.29, 0.717) is 0 Å². The van der Waals surface area contributed by atoms with Crippen molar-refractivity contribution < 1.29 is 14.3 Å².